The third-order valence-electron chi connectivity index (χ3n) is 2.57. The summed E-state index contributed by atoms with van der Waals surface area (Å²) in [5, 5.41) is 2.56. The molecular formula is C14H13BrFN3O2. The van der Waals surface area contributed by atoms with Gasteiger partial charge in [0.2, 0.25) is 11.8 Å². The van der Waals surface area contributed by atoms with Crippen LogP contribution in [0.15, 0.2) is 35.1 Å². The Morgan fingerprint density at radius 2 is 2.29 bits per heavy atom. The van der Waals surface area contributed by atoms with Gasteiger partial charge in [-0.05, 0) is 28.1 Å². The molecule has 0 aliphatic carbocycles. The van der Waals surface area contributed by atoms with Crippen molar-refractivity contribution in [2.45, 2.75) is 20.1 Å². The summed E-state index contributed by atoms with van der Waals surface area (Å²) in [5.74, 6) is -0.225. The highest BCUT2D eigenvalue weighted by atomic mass is 79.9. The van der Waals surface area contributed by atoms with Crippen molar-refractivity contribution in [3.8, 4) is 5.88 Å². The summed E-state index contributed by atoms with van der Waals surface area (Å²) >= 11 is 3.23. The first kappa shape index (κ1) is 15.4. The predicted molar refractivity (Wildman–Crippen MR) is 78.0 cm³/mol. The maximum absolute atomic E-state index is 13.9. The standard InChI is InChI=1S/C14H13BrFN3O2/c1-9(20)17-7-11-5-12(16)10(6-18-11)8-21-14-4-2-3-13(15)19-14/h2-6H,7-8H2,1H3,(H,17,20). The molecule has 0 fully saturated rings. The van der Waals surface area contributed by atoms with Gasteiger partial charge in [-0.3, -0.25) is 9.78 Å². The Morgan fingerprint density at radius 1 is 1.48 bits per heavy atom. The van der Waals surface area contributed by atoms with Crippen molar-refractivity contribution < 1.29 is 13.9 Å². The first-order chi connectivity index (χ1) is 10.0. The molecule has 7 heteroatoms. The number of ether oxygens (including phenoxy) is 1. The summed E-state index contributed by atoms with van der Waals surface area (Å²) in [7, 11) is 0. The number of rotatable bonds is 5. The van der Waals surface area contributed by atoms with Gasteiger partial charge in [0.05, 0.1) is 12.2 Å². The number of nitrogens with zero attached hydrogens (tertiary/aromatic N) is 2. The summed E-state index contributed by atoms with van der Waals surface area (Å²) in [6.07, 6.45) is 1.39. The molecule has 5 nitrogen and oxygen atoms in total. The summed E-state index contributed by atoms with van der Waals surface area (Å²) < 4.78 is 19.9. The molecule has 0 radical (unpaired) electrons. The minimum Gasteiger partial charge on any atom is -0.473 e. The molecule has 110 valence electrons. The van der Waals surface area contributed by atoms with E-state index >= 15 is 0 Å². The molecule has 0 aliphatic rings. The molecule has 0 aliphatic heterocycles. The van der Waals surface area contributed by atoms with Crippen molar-refractivity contribution in [2.75, 3.05) is 0 Å². The highest BCUT2D eigenvalue weighted by Crippen LogP contribution is 2.15. The van der Waals surface area contributed by atoms with Crippen molar-refractivity contribution in [3.05, 3.63) is 52.1 Å². The first-order valence-corrected chi connectivity index (χ1v) is 6.97. The molecule has 2 rings (SSSR count). The lowest BCUT2D eigenvalue weighted by molar-refractivity contribution is -0.119. The van der Waals surface area contributed by atoms with Gasteiger partial charge in [-0.25, -0.2) is 9.37 Å². The van der Waals surface area contributed by atoms with Crippen molar-refractivity contribution in [1.29, 1.82) is 0 Å². The van der Waals surface area contributed by atoms with E-state index in [4.69, 9.17) is 4.74 Å². The topological polar surface area (TPSA) is 64.1 Å². The molecular weight excluding hydrogens is 341 g/mol. The molecule has 21 heavy (non-hydrogen) atoms. The van der Waals surface area contributed by atoms with Crippen molar-refractivity contribution in [1.82, 2.24) is 15.3 Å². The summed E-state index contributed by atoms with van der Waals surface area (Å²) in [4.78, 5) is 19.0. The monoisotopic (exact) mass is 353 g/mol. The molecule has 0 aromatic carbocycles. The second-order valence-electron chi connectivity index (χ2n) is 4.26. The molecule has 0 atom stereocenters. The third kappa shape index (κ3) is 4.78. The predicted octanol–water partition coefficient (Wildman–Crippen LogP) is 2.59. The Labute approximate surface area is 129 Å². The number of hydrogen-bond donors (Lipinski definition) is 1. The number of nitrogens with one attached hydrogen (secondary N) is 1. The van der Waals surface area contributed by atoms with Crippen LogP contribution in [0.1, 0.15) is 18.2 Å². The van der Waals surface area contributed by atoms with Crippen LogP contribution in [0.4, 0.5) is 4.39 Å². The number of carbonyl (C=O) groups excluding carboxylic acids is 1. The summed E-state index contributed by atoms with van der Waals surface area (Å²) in [6.45, 7) is 1.62. The number of hydrogen-bond acceptors (Lipinski definition) is 4. The van der Waals surface area contributed by atoms with Crippen LogP contribution in [0.2, 0.25) is 0 Å². The van der Waals surface area contributed by atoms with Crippen molar-refractivity contribution >= 4 is 21.8 Å². The lowest BCUT2D eigenvalue weighted by Gasteiger charge is -2.08. The molecule has 2 aromatic heterocycles. The summed E-state index contributed by atoms with van der Waals surface area (Å²) in [5.41, 5.74) is 0.774. The normalized spacial score (nSPS) is 10.2. The second-order valence-corrected chi connectivity index (χ2v) is 5.08. The molecule has 0 spiro atoms. The highest BCUT2D eigenvalue weighted by Gasteiger charge is 2.07. The van der Waals surface area contributed by atoms with Gasteiger partial charge < -0.3 is 10.1 Å². The van der Waals surface area contributed by atoms with Gasteiger partial charge >= 0.3 is 0 Å². The zero-order valence-corrected chi connectivity index (χ0v) is 12.9. The molecule has 2 aromatic rings. The minimum absolute atomic E-state index is 0.0305. The average Bonchev–Trinajstić information content (AvgIpc) is 2.44. The molecule has 0 bridgehead atoms. The summed E-state index contributed by atoms with van der Waals surface area (Å²) in [6, 6.07) is 6.51. The van der Waals surface area contributed by atoms with Crippen molar-refractivity contribution in [3.63, 3.8) is 0 Å². The van der Waals surface area contributed by atoms with Crippen LogP contribution in [0, 0.1) is 5.82 Å². The van der Waals surface area contributed by atoms with Crippen LogP contribution in [-0.4, -0.2) is 15.9 Å². The van der Waals surface area contributed by atoms with E-state index in [0.29, 0.717) is 21.7 Å². The molecule has 0 saturated heterocycles. The number of aromatic nitrogens is 2. The van der Waals surface area contributed by atoms with Crippen LogP contribution in [0.25, 0.3) is 0 Å². The lowest BCUT2D eigenvalue weighted by Crippen LogP contribution is -2.19. The second kappa shape index (κ2) is 7.12. The van der Waals surface area contributed by atoms with E-state index in [-0.39, 0.29) is 19.1 Å². The van der Waals surface area contributed by atoms with Crippen LogP contribution in [0.5, 0.6) is 5.88 Å². The Balaban J connectivity index is 1.99. The maximum Gasteiger partial charge on any atom is 0.217 e. The largest absolute Gasteiger partial charge is 0.473 e. The van der Waals surface area contributed by atoms with E-state index in [1.807, 2.05) is 0 Å². The lowest BCUT2D eigenvalue weighted by atomic mass is 10.2. The highest BCUT2D eigenvalue weighted by molar-refractivity contribution is 9.10. The van der Waals surface area contributed by atoms with Gasteiger partial charge in [-0.15, -0.1) is 0 Å². The van der Waals surface area contributed by atoms with Crippen LogP contribution in [0.3, 0.4) is 0 Å². The first-order valence-electron chi connectivity index (χ1n) is 6.17. The molecule has 1 amide bonds. The smallest absolute Gasteiger partial charge is 0.217 e. The fourth-order valence-corrected chi connectivity index (χ4v) is 1.87. The van der Waals surface area contributed by atoms with Gasteiger partial charge in [-0.2, -0.15) is 0 Å². The minimum atomic E-state index is -0.430. The molecule has 2 heterocycles. The van der Waals surface area contributed by atoms with Crippen LogP contribution >= 0.6 is 15.9 Å². The number of pyridine rings is 2. The molecule has 0 unspecified atom stereocenters. The van der Waals surface area contributed by atoms with E-state index in [9.17, 15) is 9.18 Å². The number of halogens is 2. The zero-order chi connectivity index (χ0) is 15.2. The number of carbonyl (C=O) groups is 1. The van der Waals surface area contributed by atoms with Gasteiger partial charge in [-0.1, -0.05) is 6.07 Å². The zero-order valence-electron chi connectivity index (χ0n) is 11.3. The Hall–Kier alpha value is -2.02. The SMILES string of the molecule is CC(=O)NCc1cc(F)c(COc2cccc(Br)n2)cn1. The van der Waals surface area contributed by atoms with E-state index in [1.165, 1.54) is 19.2 Å². The van der Waals surface area contributed by atoms with Gasteiger partial charge in [0.15, 0.2) is 0 Å². The quantitative estimate of drug-likeness (QED) is 0.839. The van der Waals surface area contributed by atoms with Gasteiger partial charge in [0.1, 0.15) is 17.0 Å². The van der Waals surface area contributed by atoms with Gasteiger partial charge in [0, 0.05) is 24.8 Å². The van der Waals surface area contributed by atoms with Crippen molar-refractivity contribution in [2.24, 2.45) is 0 Å². The van der Waals surface area contributed by atoms with Gasteiger partial charge in [0.25, 0.3) is 0 Å². The molecule has 1 N–H and O–H groups in total. The Bertz CT molecular complexity index is 652. The number of amides is 1. The van der Waals surface area contributed by atoms with E-state index in [2.05, 4.69) is 31.2 Å². The van der Waals surface area contributed by atoms with Crippen LogP contribution in [-0.2, 0) is 17.9 Å². The van der Waals surface area contributed by atoms with E-state index < -0.39 is 5.82 Å². The Morgan fingerprint density at radius 3 is 2.95 bits per heavy atom. The average molecular weight is 354 g/mol. The maximum atomic E-state index is 13.9. The fraction of sp³-hybridized carbons (Fsp3) is 0.214. The fourth-order valence-electron chi connectivity index (χ4n) is 1.54. The van der Waals surface area contributed by atoms with E-state index in [0.717, 1.165) is 0 Å². The Kier molecular flexibility index (Phi) is 5.21. The van der Waals surface area contributed by atoms with Crippen LogP contribution < -0.4 is 10.1 Å². The third-order valence-corrected chi connectivity index (χ3v) is 3.01. The van der Waals surface area contributed by atoms with E-state index in [1.54, 1.807) is 18.2 Å². The molecule has 0 saturated carbocycles.